The van der Waals surface area contributed by atoms with Crippen molar-refractivity contribution in [2.45, 2.75) is 47.1 Å². The standard InChI is InChI=1S/C15H25NO/c1-11-6-7-14(13(10-11)12(2)16)17-9-8-15(3,4)5/h6-7,10,12H,8-9,16H2,1-5H3/t12-/m1/s1. The second kappa shape index (κ2) is 5.54. The van der Waals surface area contributed by atoms with Crippen LogP contribution in [0.2, 0.25) is 0 Å². The lowest BCUT2D eigenvalue weighted by Gasteiger charge is -2.20. The fraction of sp³-hybridized carbons (Fsp3) is 0.600. The molecule has 1 aromatic rings. The van der Waals surface area contributed by atoms with Crippen molar-refractivity contribution >= 4 is 0 Å². The smallest absolute Gasteiger partial charge is 0.124 e. The fourth-order valence-corrected chi connectivity index (χ4v) is 1.62. The highest BCUT2D eigenvalue weighted by atomic mass is 16.5. The van der Waals surface area contributed by atoms with E-state index in [9.17, 15) is 0 Å². The molecule has 1 aromatic carbocycles. The first kappa shape index (κ1) is 14.0. The van der Waals surface area contributed by atoms with E-state index in [0.29, 0.717) is 5.41 Å². The largest absolute Gasteiger partial charge is 0.493 e. The van der Waals surface area contributed by atoms with Gasteiger partial charge in [-0.15, -0.1) is 0 Å². The molecule has 0 amide bonds. The van der Waals surface area contributed by atoms with Gasteiger partial charge in [-0.2, -0.15) is 0 Å². The number of benzene rings is 1. The van der Waals surface area contributed by atoms with E-state index < -0.39 is 0 Å². The van der Waals surface area contributed by atoms with E-state index >= 15 is 0 Å². The van der Waals surface area contributed by atoms with Gasteiger partial charge in [0.25, 0.3) is 0 Å². The van der Waals surface area contributed by atoms with Gasteiger partial charge in [-0.25, -0.2) is 0 Å². The van der Waals surface area contributed by atoms with Gasteiger partial charge >= 0.3 is 0 Å². The van der Waals surface area contributed by atoms with Gasteiger partial charge in [0.05, 0.1) is 6.61 Å². The number of hydrogen-bond donors (Lipinski definition) is 1. The van der Waals surface area contributed by atoms with Gasteiger partial charge in [-0.05, 0) is 31.7 Å². The summed E-state index contributed by atoms with van der Waals surface area (Å²) in [6, 6.07) is 6.21. The summed E-state index contributed by atoms with van der Waals surface area (Å²) in [4.78, 5) is 0. The van der Waals surface area contributed by atoms with Crippen molar-refractivity contribution in [3.8, 4) is 5.75 Å². The van der Waals surface area contributed by atoms with Gasteiger partial charge in [0.15, 0.2) is 0 Å². The summed E-state index contributed by atoms with van der Waals surface area (Å²) in [5.41, 5.74) is 8.58. The number of hydrogen-bond acceptors (Lipinski definition) is 2. The van der Waals surface area contributed by atoms with Crippen LogP contribution in [0.4, 0.5) is 0 Å². The van der Waals surface area contributed by atoms with Crippen LogP contribution in [0.15, 0.2) is 18.2 Å². The Morgan fingerprint density at radius 1 is 1.29 bits per heavy atom. The van der Waals surface area contributed by atoms with E-state index in [2.05, 4.69) is 39.8 Å². The van der Waals surface area contributed by atoms with E-state index in [1.807, 2.05) is 13.0 Å². The maximum Gasteiger partial charge on any atom is 0.124 e. The quantitative estimate of drug-likeness (QED) is 0.860. The molecule has 0 heterocycles. The molecule has 0 fully saturated rings. The number of aryl methyl sites for hydroxylation is 1. The molecule has 2 N–H and O–H groups in total. The van der Waals surface area contributed by atoms with Crippen molar-refractivity contribution in [1.29, 1.82) is 0 Å². The Morgan fingerprint density at radius 2 is 1.94 bits per heavy atom. The van der Waals surface area contributed by atoms with Crippen molar-refractivity contribution in [3.63, 3.8) is 0 Å². The predicted octanol–water partition coefficient (Wildman–Crippen LogP) is 3.83. The van der Waals surface area contributed by atoms with Crippen LogP contribution in [-0.4, -0.2) is 6.61 Å². The van der Waals surface area contributed by atoms with Gasteiger partial charge in [-0.1, -0.05) is 38.5 Å². The first-order valence-corrected chi connectivity index (χ1v) is 6.28. The second-order valence-electron chi connectivity index (χ2n) is 5.99. The normalized spacial score (nSPS) is 13.5. The van der Waals surface area contributed by atoms with Gasteiger partial charge in [0.2, 0.25) is 0 Å². The van der Waals surface area contributed by atoms with Gasteiger partial charge in [0.1, 0.15) is 5.75 Å². The van der Waals surface area contributed by atoms with Crippen molar-refractivity contribution in [3.05, 3.63) is 29.3 Å². The van der Waals surface area contributed by atoms with Crippen molar-refractivity contribution in [2.24, 2.45) is 11.1 Å². The van der Waals surface area contributed by atoms with Crippen LogP contribution in [0.5, 0.6) is 5.75 Å². The van der Waals surface area contributed by atoms with Gasteiger partial charge in [-0.3, -0.25) is 0 Å². The molecule has 0 radical (unpaired) electrons. The minimum Gasteiger partial charge on any atom is -0.493 e. The number of nitrogens with two attached hydrogens (primary N) is 1. The summed E-state index contributed by atoms with van der Waals surface area (Å²) < 4.78 is 5.85. The summed E-state index contributed by atoms with van der Waals surface area (Å²) in [5.74, 6) is 0.926. The highest BCUT2D eigenvalue weighted by Gasteiger charge is 2.12. The van der Waals surface area contributed by atoms with Crippen LogP contribution >= 0.6 is 0 Å². The van der Waals surface area contributed by atoms with Crippen LogP contribution in [-0.2, 0) is 0 Å². The van der Waals surface area contributed by atoms with E-state index in [0.717, 1.165) is 24.3 Å². The van der Waals surface area contributed by atoms with Gasteiger partial charge in [0, 0.05) is 11.6 Å². The Kier molecular flexibility index (Phi) is 4.58. The van der Waals surface area contributed by atoms with Crippen molar-refractivity contribution < 1.29 is 4.74 Å². The van der Waals surface area contributed by atoms with Crippen LogP contribution < -0.4 is 10.5 Å². The molecule has 96 valence electrons. The van der Waals surface area contributed by atoms with Crippen molar-refractivity contribution in [1.82, 2.24) is 0 Å². The zero-order valence-corrected chi connectivity index (χ0v) is 11.7. The third-order valence-corrected chi connectivity index (χ3v) is 2.77. The van der Waals surface area contributed by atoms with Crippen molar-refractivity contribution in [2.75, 3.05) is 6.61 Å². The molecule has 17 heavy (non-hydrogen) atoms. The first-order chi connectivity index (χ1) is 7.79. The van der Waals surface area contributed by atoms with E-state index in [1.54, 1.807) is 0 Å². The van der Waals surface area contributed by atoms with Crippen LogP contribution in [0.25, 0.3) is 0 Å². The average Bonchev–Trinajstić information content (AvgIpc) is 2.18. The molecular weight excluding hydrogens is 210 g/mol. The minimum absolute atomic E-state index is 0.0135. The summed E-state index contributed by atoms with van der Waals surface area (Å²) in [6.45, 7) is 11.5. The molecular formula is C15H25NO. The Morgan fingerprint density at radius 3 is 2.47 bits per heavy atom. The summed E-state index contributed by atoms with van der Waals surface area (Å²) >= 11 is 0. The highest BCUT2D eigenvalue weighted by Crippen LogP contribution is 2.26. The zero-order chi connectivity index (χ0) is 13.1. The highest BCUT2D eigenvalue weighted by molar-refractivity contribution is 5.38. The maximum atomic E-state index is 5.96. The SMILES string of the molecule is Cc1ccc(OCCC(C)(C)C)c([C@@H](C)N)c1. The molecule has 0 unspecified atom stereocenters. The maximum absolute atomic E-state index is 5.96. The van der Waals surface area contributed by atoms with E-state index in [-0.39, 0.29) is 6.04 Å². The molecule has 2 heteroatoms. The lowest BCUT2D eigenvalue weighted by molar-refractivity contribution is 0.240. The lowest BCUT2D eigenvalue weighted by Crippen LogP contribution is -2.13. The van der Waals surface area contributed by atoms with Crippen LogP contribution in [0.3, 0.4) is 0 Å². The predicted molar refractivity (Wildman–Crippen MR) is 73.3 cm³/mol. The van der Waals surface area contributed by atoms with Gasteiger partial charge < -0.3 is 10.5 Å². The summed E-state index contributed by atoms with van der Waals surface area (Å²) in [7, 11) is 0. The molecule has 0 aliphatic heterocycles. The molecule has 0 bridgehead atoms. The first-order valence-electron chi connectivity index (χ1n) is 6.28. The third kappa shape index (κ3) is 4.78. The summed E-state index contributed by atoms with van der Waals surface area (Å²) in [6.07, 6.45) is 1.04. The number of rotatable bonds is 4. The van der Waals surface area contributed by atoms with E-state index in [1.165, 1.54) is 5.56 Å². The zero-order valence-electron chi connectivity index (χ0n) is 11.7. The Balaban J connectivity index is 2.70. The fourth-order valence-electron chi connectivity index (χ4n) is 1.62. The monoisotopic (exact) mass is 235 g/mol. The molecule has 0 saturated carbocycles. The Bertz CT molecular complexity index is 364. The molecule has 0 aliphatic rings. The molecule has 1 rings (SSSR count). The Hall–Kier alpha value is -1.02. The molecule has 0 aliphatic carbocycles. The third-order valence-electron chi connectivity index (χ3n) is 2.77. The minimum atomic E-state index is 0.0135. The molecule has 0 saturated heterocycles. The number of ether oxygens (including phenoxy) is 1. The summed E-state index contributed by atoms with van der Waals surface area (Å²) in [5, 5.41) is 0. The molecule has 0 spiro atoms. The average molecular weight is 235 g/mol. The molecule has 1 atom stereocenters. The molecule has 0 aromatic heterocycles. The van der Waals surface area contributed by atoms with E-state index in [4.69, 9.17) is 10.5 Å². The Labute approximate surface area is 105 Å². The van der Waals surface area contributed by atoms with Crippen LogP contribution in [0.1, 0.15) is 51.3 Å². The van der Waals surface area contributed by atoms with Crippen LogP contribution in [0, 0.1) is 12.3 Å². The molecule has 2 nitrogen and oxygen atoms in total. The topological polar surface area (TPSA) is 35.2 Å². The second-order valence-corrected chi connectivity index (χ2v) is 5.99. The lowest BCUT2D eigenvalue weighted by atomic mass is 9.93.